The van der Waals surface area contributed by atoms with Crippen LogP contribution in [-0.4, -0.2) is 0 Å². The van der Waals surface area contributed by atoms with E-state index in [9.17, 15) is 0 Å². The minimum atomic E-state index is 0.865. The van der Waals surface area contributed by atoms with Crippen LogP contribution in [0.3, 0.4) is 0 Å². The maximum atomic E-state index is 6.37. The normalized spacial score (nSPS) is 12.5. The lowest BCUT2D eigenvalue weighted by Crippen LogP contribution is -1.91. The van der Waals surface area contributed by atoms with Gasteiger partial charge in [0.05, 0.1) is 0 Å². The fourth-order valence-corrected chi connectivity index (χ4v) is 4.36. The Morgan fingerprint density at radius 2 is 1.26 bits per heavy atom. The van der Waals surface area contributed by atoms with Crippen LogP contribution in [0, 0.1) is 0 Å². The lowest BCUT2D eigenvalue weighted by molar-refractivity contribution is 1.70. The molecule has 0 amide bonds. The lowest BCUT2D eigenvalue weighted by atomic mass is 9.90. The number of nitrogens with two attached hydrogens (primary N) is 1. The largest absolute Gasteiger partial charge is 0.398 e. The Hall–Kier alpha value is -3.06. The Kier molecular flexibility index (Phi) is 1.82. The van der Waals surface area contributed by atoms with Crippen LogP contribution in [0.2, 0.25) is 0 Å². The van der Waals surface area contributed by atoms with Gasteiger partial charge in [-0.15, -0.1) is 0 Å². The number of fused-ring (bicyclic) bond motifs is 3. The Bertz CT molecular complexity index is 1260. The third-order valence-corrected chi connectivity index (χ3v) is 5.28. The molecule has 0 saturated carbocycles. The molecule has 0 spiro atoms. The first-order chi connectivity index (χ1) is 11.3. The molecule has 0 atom stereocenters. The zero-order valence-electron chi connectivity index (χ0n) is 12.4. The van der Waals surface area contributed by atoms with Gasteiger partial charge in [-0.25, -0.2) is 0 Å². The summed E-state index contributed by atoms with van der Waals surface area (Å²) in [5, 5.41) is 7.71. The van der Waals surface area contributed by atoms with Gasteiger partial charge in [0, 0.05) is 16.5 Å². The average Bonchev–Trinajstić information content (AvgIpc) is 2.91. The van der Waals surface area contributed by atoms with Crippen molar-refractivity contribution in [1.29, 1.82) is 0 Å². The topological polar surface area (TPSA) is 26.0 Å². The van der Waals surface area contributed by atoms with Gasteiger partial charge < -0.3 is 5.73 Å². The van der Waals surface area contributed by atoms with Crippen LogP contribution < -0.4 is 5.73 Å². The first-order valence-electron chi connectivity index (χ1n) is 7.93. The van der Waals surface area contributed by atoms with E-state index in [2.05, 4.69) is 66.7 Å². The van der Waals surface area contributed by atoms with Gasteiger partial charge in [-0.05, 0) is 55.9 Å². The summed E-state index contributed by atoms with van der Waals surface area (Å²) in [5.41, 5.74) is 12.6. The number of hydrogen-bond donors (Lipinski definition) is 1. The number of nitrogen functional groups attached to an aromatic ring is 1. The molecule has 5 aromatic carbocycles. The first-order valence-corrected chi connectivity index (χ1v) is 7.93. The number of benzene rings is 5. The van der Waals surface area contributed by atoms with Gasteiger partial charge in [0.1, 0.15) is 0 Å². The molecule has 1 nitrogen and oxygen atoms in total. The van der Waals surface area contributed by atoms with Crippen LogP contribution in [0.25, 0.3) is 54.6 Å². The molecule has 5 aromatic rings. The summed E-state index contributed by atoms with van der Waals surface area (Å²) in [6.45, 7) is 0. The zero-order valence-corrected chi connectivity index (χ0v) is 12.4. The number of hydrogen-bond acceptors (Lipinski definition) is 1. The fourth-order valence-electron chi connectivity index (χ4n) is 4.36. The van der Waals surface area contributed by atoms with E-state index in [1.54, 1.807) is 0 Å². The summed E-state index contributed by atoms with van der Waals surface area (Å²) in [6, 6.07) is 24.0. The summed E-state index contributed by atoms with van der Waals surface area (Å²) < 4.78 is 0. The van der Waals surface area contributed by atoms with Crippen LogP contribution in [0.4, 0.5) is 5.69 Å². The summed E-state index contributed by atoms with van der Waals surface area (Å²) in [5.74, 6) is 0. The van der Waals surface area contributed by atoms with E-state index in [0.29, 0.717) is 0 Å². The Labute approximate surface area is 133 Å². The molecular formula is C22H13N. The van der Waals surface area contributed by atoms with Gasteiger partial charge in [0.15, 0.2) is 0 Å². The van der Waals surface area contributed by atoms with Gasteiger partial charge >= 0.3 is 0 Å². The van der Waals surface area contributed by atoms with E-state index in [0.717, 1.165) is 5.69 Å². The van der Waals surface area contributed by atoms with Gasteiger partial charge in [-0.2, -0.15) is 0 Å². The molecular weight excluding hydrogens is 278 g/mol. The van der Waals surface area contributed by atoms with Crippen LogP contribution in [-0.2, 0) is 0 Å². The van der Waals surface area contributed by atoms with Crippen molar-refractivity contribution >= 4 is 38.0 Å². The maximum absolute atomic E-state index is 6.37. The molecule has 0 aromatic heterocycles. The van der Waals surface area contributed by atoms with Gasteiger partial charge in [-0.1, -0.05) is 54.6 Å². The highest BCUT2D eigenvalue weighted by Gasteiger charge is 2.24. The highest BCUT2D eigenvalue weighted by Crippen LogP contribution is 2.52. The molecule has 1 aliphatic carbocycles. The quantitative estimate of drug-likeness (QED) is 0.277. The van der Waals surface area contributed by atoms with Gasteiger partial charge in [0.25, 0.3) is 0 Å². The van der Waals surface area contributed by atoms with Crippen molar-refractivity contribution in [2.24, 2.45) is 0 Å². The fraction of sp³-hybridized carbons (Fsp3) is 0. The molecule has 0 radical (unpaired) electrons. The van der Waals surface area contributed by atoms with Crippen molar-refractivity contribution in [3.63, 3.8) is 0 Å². The average molecular weight is 291 g/mol. The van der Waals surface area contributed by atoms with E-state index in [1.807, 2.05) is 0 Å². The van der Waals surface area contributed by atoms with E-state index >= 15 is 0 Å². The Morgan fingerprint density at radius 3 is 2.09 bits per heavy atom. The predicted molar refractivity (Wildman–Crippen MR) is 99.0 cm³/mol. The third-order valence-electron chi connectivity index (χ3n) is 5.28. The summed E-state index contributed by atoms with van der Waals surface area (Å²) in [6.07, 6.45) is 0. The predicted octanol–water partition coefficient (Wildman–Crippen LogP) is 5.81. The third kappa shape index (κ3) is 1.21. The second kappa shape index (κ2) is 3.64. The van der Waals surface area contributed by atoms with Crippen molar-refractivity contribution in [1.82, 2.24) is 0 Å². The van der Waals surface area contributed by atoms with E-state index in [-0.39, 0.29) is 0 Å². The Morgan fingerprint density at radius 1 is 0.522 bits per heavy atom. The molecule has 1 heteroatoms. The molecule has 0 fully saturated rings. The van der Waals surface area contributed by atoms with Crippen LogP contribution in [0.5, 0.6) is 0 Å². The molecule has 2 N–H and O–H groups in total. The highest BCUT2D eigenvalue weighted by atomic mass is 14.6. The molecule has 0 aliphatic heterocycles. The Balaban J connectivity index is 2.03. The van der Waals surface area contributed by atoms with Crippen LogP contribution in [0.1, 0.15) is 0 Å². The van der Waals surface area contributed by atoms with Gasteiger partial charge in [-0.3, -0.25) is 0 Å². The standard InChI is InChI=1S/C22H13N/c23-19-11-13-5-3-4-12-10-18-15-7-2-1-6-14(15)16-8-9-17(19)22(20(12)13)21(16)18/h1-11H,23H2. The van der Waals surface area contributed by atoms with Crippen molar-refractivity contribution in [3.05, 3.63) is 66.7 Å². The number of rotatable bonds is 0. The molecule has 0 saturated heterocycles. The molecule has 0 unspecified atom stereocenters. The van der Waals surface area contributed by atoms with E-state index < -0.39 is 0 Å². The molecule has 6 rings (SSSR count). The van der Waals surface area contributed by atoms with Crippen LogP contribution >= 0.6 is 0 Å². The maximum Gasteiger partial charge on any atom is 0.0400 e. The second-order valence-corrected chi connectivity index (χ2v) is 6.43. The van der Waals surface area contributed by atoms with Crippen molar-refractivity contribution in [2.45, 2.75) is 0 Å². The lowest BCUT2D eigenvalue weighted by Gasteiger charge is -2.14. The number of anilines is 1. The minimum Gasteiger partial charge on any atom is -0.398 e. The monoisotopic (exact) mass is 291 g/mol. The van der Waals surface area contributed by atoms with Crippen LogP contribution in [0.15, 0.2) is 66.7 Å². The smallest absolute Gasteiger partial charge is 0.0400 e. The summed E-state index contributed by atoms with van der Waals surface area (Å²) in [4.78, 5) is 0. The molecule has 106 valence electrons. The zero-order chi connectivity index (χ0) is 15.1. The minimum absolute atomic E-state index is 0.865. The second-order valence-electron chi connectivity index (χ2n) is 6.43. The molecule has 1 aliphatic rings. The van der Waals surface area contributed by atoms with Crippen molar-refractivity contribution in [3.8, 4) is 22.3 Å². The summed E-state index contributed by atoms with van der Waals surface area (Å²) >= 11 is 0. The summed E-state index contributed by atoms with van der Waals surface area (Å²) in [7, 11) is 0. The highest BCUT2D eigenvalue weighted by molar-refractivity contribution is 6.33. The van der Waals surface area contributed by atoms with E-state index in [1.165, 1.54) is 54.6 Å². The molecule has 23 heavy (non-hydrogen) atoms. The van der Waals surface area contributed by atoms with Gasteiger partial charge in [0.2, 0.25) is 0 Å². The van der Waals surface area contributed by atoms with E-state index in [4.69, 9.17) is 5.73 Å². The van der Waals surface area contributed by atoms with Crippen molar-refractivity contribution in [2.75, 3.05) is 5.73 Å². The van der Waals surface area contributed by atoms with Crippen molar-refractivity contribution < 1.29 is 0 Å². The first kappa shape index (κ1) is 11.5. The molecule has 0 heterocycles. The SMILES string of the molecule is Nc1cc2cccc3cc4c5c(ccc1c5c23)-c1ccccc1-4. The molecule has 0 bridgehead atoms.